The van der Waals surface area contributed by atoms with E-state index in [1.54, 1.807) is 18.1 Å². The van der Waals surface area contributed by atoms with Crippen LogP contribution in [0.2, 0.25) is 0 Å². The molecule has 186 valence electrons. The van der Waals surface area contributed by atoms with E-state index in [2.05, 4.69) is 20.9 Å². The van der Waals surface area contributed by atoms with Crippen molar-refractivity contribution in [1.82, 2.24) is 9.88 Å². The Morgan fingerprint density at radius 2 is 1.92 bits per heavy atom. The van der Waals surface area contributed by atoms with E-state index in [-0.39, 0.29) is 5.57 Å². The summed E-state index contributed by atoms with van der Waals surface area (Å²) < 4.78 is 6.19. The summed E-state index contributed by atoms with van der Waals surface area (Å²) in [6.07, 6.45) is 5.54. The molecule has 1 aliphatic rings. The fourth-order valence-electron chi connectivity index (χ4n) is 4.72. The fraction of sp³-hybridized carbons (Fsp3) is 0.133. The second-order valence-electron chi connectivity index (χ2n) is 8.80. The zero-order valence-corrected chi connectivity index (χ0v) is 21.7. The van der Waals surface area contributed by atoms with Gasteiger partial charge in [0, 0.05) is 28.1 Å². The highest BCUT2D eigenvalue weighted by molar-refractivity contribution is 9.10. The Bertz CT molecular complexity index is 1540. The number of benzene rings is 3. The number of carbonyl (C=O) groups is 2. The first kappa shape index (κ1) is 24.6. The van der Waals surface area contributed by atoms with Gasteiger partial charge in [0.1, 0.15) is 5.75 Å². The number of ether oxygens (including phenoxy) is 1. The summed E-state index contributed by atoms with van der Waals surface area (Å²) in [6.45, 7) is 0.309. The van der Waals surface area contributed by atoms with Gasteiger partial charge in [-0.15, -0.1) is 0 Å². The lowest BCUT2D eigenvalue weighted by molar-refractivity contribution is -0.129. The highest BCUT2D eigenvalue weighted by atomic mass is 79.9. The lowest BCUT2D eigenvalue weighted by Crippen LogP contribution is -2.33. The molecular weight excluding hydrogens is 532 g/mol. The monoisotopic (exact) mass is 556 g/mol. The molecule has 0 unspecified atom stereocenters. The van der Waals surface area contributed by atoms with Gasteiger partial charge in [-0.1, -0.05) is 64.5 Å². The van der Waals surface area contributed by atoms with Crippen LogP contribution in [-0.2, 0) is 16.0 Å². The van der Waals surface area contributed by atoms with Crippen molar-refractivity contribution in [3.8, 4) is 5.75 Å². The summed E-state index contributed by atoms with van der Waals surface area (Å²) in [5.74, 6) is -0.721. The van der Waals surface area contributed by atoms with E-state index in [0.29, 0.717) is 13.0 Å². The van der Waals surface area contributed by atoms with E-state index in [0.717, 1.165) is 37.8 Å². The van der Waals surface area contributed by atoms with Crippen molar-refractivity contribution in [3.63, 3.8) is 0 Å². The van der Waals surface area contributed by atoms with Crippen molar-refractivity contribution in [2.75, 3.05) is 13.7 Å². The number of nitrogens with zero attached hydrogens (tertiary/aromatic N) is 1. The molecule has 1 amide bonds. The first-order valence-electron chi connectivity index (χ1n) is 11.9. The number of aliphatic hydroxyl groups excluding tert-OH is 1. The summed E-state index contributed by atoms with van der Waals surface area (Å²) in [5.41, 5.74) is 3.65. The van der Waals surface area contributed by atoms with Crippen LogP contribution < -0.4 is 4.74 Å². The number of nitrogens with one attached hydrogen (secondary N) is 1. The zero-order valence-electron chi connectivity index (χ0n) is 20.1. The molecule has 3 aromatic carbocycles. The van der Waals surface area contributed by atoms with Gasteiger partial charge < -0.3 is 19.7 Å². The number of aromatic nitrogens is 1. The van der Waals surface area contributed by atoms with Gasteiger partial charge in [-0.25, -0.2) is 0 Å². The normalized spacial score (nSPS) is 15.8. The highest BCUT2D eigenvalue weighted by Gasteiger charge is 2.42. The Morgan fingerprint density at radius 3 is 2.68 bits per heavy atom. The molecule has 0 bridgehead atoms. The van der Waals surface area contributed by atoms with E-state index in [1.807, 2.05) is 79.0 Å². The average molecular weight is 557 g/mol. The molecule has 0 spiro atoms. The second kappa shape index (κ2) is 10.5. The summed E-state index contributed by atoms with van der Waals surface area (Å²) >= 11 is 3.49. The molecule has 1 aliphatic heterocycles. The number of hydrogen-bond donors (Lipinski definition) is 2. The van der Waals surface area contributed by atoms with Gasteiger partial charge in [-0.2, -0.15) is 0 Å². The number of ketones is 1. The first-order chi connectivity index (χ1) is 18.0. The van der Waals surface area contributed by atoms with Crippen LogP contribution in [-0.4, -0.2) is 40.3 Å². The van der Waals surface area contributed by atoms with Crippen LogP contribution >= 0.6 is 15.9 Å². The third kappa shape index (κ3) is 4.95. The van der Waals surface area contributed by atoms with E-state index < -0.39 is 23.5 Å². The van der Waals surface area contributed by atoms with Crippen LogP contribution in [0.1, 0.15) is 22.7 Å². The topological polar surface area (TPSA) is 82.6 Å². The minimum Gasteiger partial charge on any atom is -0.503 e. The van der Waals surface area contributed by atoms with Crippen molar-refractivity contribution in [3.05, 3.63) is 118 Å². The van der Waals surface area contributed by atoms with Gasteiger partial charge in [-0.05, 0) is 59.5 Å². The van der Waals surface area contributed by atoms with Gasteiger partial charge in [0.25, 0.3) is 5.91 Å². The minimum atomic E-state index is -0.710. The maximum atomic E-state index is 13.4. The maximum Gasteiger partial charge on any atom is 0.290 e. The molecule has 5 rings (SSSR count). The number of halogens is 1. The molecule has 6 nitrogen and oxygen atoms in total. The average Bonchev–Trinajstić information content (AvgIpc) is 3.44. The van der Waals surface area contributed by atoms with Crippen molar-refractivity contribution in [1.29, 1.82) is 0 Å². The molecule has 4 aromatic rings. The van der Waals surface area contributed by atoms with Crippen LogP contribution in [0.25, 0.3) is 17.0 Å². The molecule has 37 heavy (non-hydrogen) atoms. The number of methoxy groups -OCH3 is 1. The summed E-state index contributed by atoms with van der Waals surface area (Å²) in [6, 6.07) is 22.0. The molecule has 2 heterocycles. The van der Waals surface area contributed by atoms with Crippen molar-refractivity contribution in [2.45, 2.75) is 12.5 Å². The molecular formula is C30H25BrN2O4. The zero-order chi connectivity index (χ0) is 25.9. The van der Waals surface area contributed by atoms with Gasteiger partial charge in [0.2, 0.25) is 0 Å². The number of amides is 1. The van der Waals surface area contributed by atoms with Crippen LogP contribution in [0.3, 0.4) is 0 Å². The predicted molar refractivity (Wildman–Crippen MR) is 147 cm³/mol. The quantitative estimate of drug-likeness (QED) is 0.254. The third-order valence-electron chi connectivity index (χ3n) is 6.56. The number of carbonyl (C=O) groups excluding carboxylic acids is 2. The molecule has 0 saturated carbocycles. The number of fused-ring (bicyclic) bond motifs is 1. The summed E-state index contributed by atoms with van der Waals surface area (Å²) in [4.78, 5) is 31.5. The Hall–Kier alpha value is -4.10. The molecule has 7 heteroatoms. The minimum absolute atomic E-state index is 0.0795. The number of hydrogen-bond acceptors (Lipinski definition) is 4. The number of aromatic amines is 1. The predicted octanol–water partition coefficient (Wildman–Crippen LogP) is 6.16. The number of H-pyrrole nitrogens is 1. The maximum absolute atomic E-state index is 13.4. The Morgan fingerprint density at radius 1 is 1.11 bits per heavy atom. The molecule has 1 atom stereocenters. The molecule has 1 aromatic heterocycles. The van der Waals surface area contributed by atoms with E-state index >= 15 is 0 Å². The molecule has 0 fully saturated rings. The smallest absolute Gasteiger partial charge is 0.290 e. The van der Waals surface area contributed by atoms with Crippen molar-refractivity contribution < 1.29 is 19.4 Å². The Kier molecular flexibility index (Phi) is 6.97. The van der Waals surface area contributed by atoms with Gasteiger partial charge >= 0.3 is 0 Å². The second-order valence-corrected chi connectivity index (χ2v) is 9.72. The SMILES string of the molecule is COc1ccc2[nH]cc(CCN3C(=O)C(O)=C(C(=O)/C=C/c4ccccc4)[C@@H]3c3cccc(Br)c3)c2c1. The van der Waals surface area contributed by atoms with E-state index in [4.69, 9.17) is 4.74 Å². The largest absolute Gasteiger partial charge is 0.503 e. The molecule has 0 saturated heterocycles. The Labute approximate surface area is 223 Å². The number of rotatable bonds is 8. The van der Waals surface area contributed by atoms with Crippen LogP contribution in [0, 0.1) is 0 Å². The number of allylic oxidation sites excluding steroid dienone is 1. The standard InChI is InChI=1S/C30H25BrN2O4/c1-37-23-11-12-25-24(17-23)21(18-32-25)14-15-33-28(20-8-5-9-22(31)16-20)27(29(35)30(33)36)26(34)13-10-19-6-3-2-4-7-19/h2-13,16-18,28,32,35H,14-15H2,1H3/b13-10+/t28-/m0/s1. The van der Waals surface area contributed by atoms with E-state index in [1.165, 1.54) is 6.08 Å². The summed E-state index contributed by atoms with van der Waals surface area (Å²) in [5, 5.41) is 11.9. The third-order valence-corrected chi connectivity index (χ3v) is 7.05. The van der Waals surface area contributed by atoms with Gasteiger partial charge in [0.15, 0.2) is 11.5 Å². The molecule has 0 aliphatic carbocycles. The van der Waals surface area contributed by atoms with Crippen LogP contribution in [0.5, 0.6) is 5.75 Å². The molecule has 0 radical (unpaired) electrons. The Balaban J connectivity index is 1.47. The van der Waals surface area contributed by atoms with Crippen LogP contribution in [0.15, 0.2) is 101 Å². The first-order valence-corrected chi connectivity index (χ1v) is 12.7. The van der Waals surface area contributed by atoms with Gasteiger partial charge in [0.05, 0.1) is 18.7 Å². The van der Waals surface area contributed by atoms with Crippen LogP contribution in [0.4, 0.5) is 0 Å². The van der Waals surface area contributed by atoms with Crippen molar-refractivity contribution >= 4 is 44.6 Å². The van der Waals surface area contributed by atoms with Gasteiger partial charge in [-0.3, -0.25) is 9.59 Å². The summed E-state index contributed by atoms with van der Waals surface area (Å²) in [7, 11) is 1.62. The highest BCUT2D eigenvalue weighted by Crippen LogP contribution is 2.39. The fourth-order valence-corrected chi connectivity index (χ4v) is 5.13. The number of aliphatic hydroxyl groups is 1. The lowest BCUT2D eigenvalue weighted by Gasteiger charge is -2.26. The lowest BCUT2D eigenvalue weighted by atomic mass is 9.95. The molecule has 2 N–H and O–H groups in total. The van der Waals surface area contributed by atoms with E-state index in [9.17, 15) is 14.7 Å². The van der Waals surface area contributed by atoms with Crippen molar-refractivity contribution in [2.24, 2.45) is 0 Å².